The molecule has 0 saturated heterocycles. The zero-order valence-corrected chi connectivity index (χ0v) is 11.1. The molecular formula is C12H15ClN2O3. The number of rotatable bonds is 2. The van der Waals surface area contributed by atoms with E-state index in [1.165, 1.54) is 18.2 Å². The number of hydrogen-bond acceptors (Lipinski definition) is 2. The molecule has 0 radical (unpaired) electrons. The average molecular weight is 271 g/mol. The summed E-state index contributed by atoms with van der Waals surface area (Å²) in [6, 6.07) is 3.72. The van der Waals surface area contributed by atoms with Crippen molar-refractivity contribution in [3.05, 3.63) is 28.8 Å². The highest BCUT2D eigenvalue weighted by molar-refractivity contribution is 6.34. The summed E-state index contributed by atoms with van der Waals surface area (Å²) in [6.07, 6.45) is 0. The molecule has 6 heteroatoms. The lowest BCUT2D eigenvalue weighted by Crippen LogP contribution is -2.43. The van der Waals surface area contributed by atoms with Gasteiger partial charge in [0.2, 0.25) is 0 Å². The topological polar surface area (TPSA) is 78.4 Å². The van der Waals surface area contributed by atoms with E-state index >= 15 is 0 Å². The van der Waals surface area contributed by atoms with Crippen molar-refractivity contribution in [3.8, 4) is 0 Å². The van der Waals surface area contributed by atoms with Crippen molar-refractivity contribution in [1.29, 1.82) is 0 Å². The number of urea groups is 1. The van der Waals surface area contributed by atoms with Crippen LogP contribution in [0.4, 0.5) is 10.5 Å². The molecule has 3 N–H and O–H groups in total. The van der Waals surface area contributed by atoms with Crippen molar-refractivity contribution in [2.24, 2.45) is 0 Å². The number of carbonyl (C=O) groups is 2. The Hall–Kier alpha value is -1.75. The molecule has 1 rings (SSSR count). The van der Waals surface area contributed by atoms with Gasteiger partial charge in [0.25, 0.3) is 0 Å². The molecule has 0 spiro atoms. The van der Waals surface area contributed by atoms with Gasteiger partial charge in [0.05, 0.1) is 16.3 Å². The summed E-state index contributed by atoms with van der Waals surface area (Å²) in [5, 5.41) is 14.2. The van der Waals surface area contributed by atoms with E-state index in [0.717, 1.165) is 0 Å². The Morgan fingerprint density at radius 2 is 1.89 bits per heavy atom. The van der Waals surface area contributed by atoms with E-state index in [2.05, 4.69) is 10.6 Å². The third-order valence-corrected chi connectivity index (χ3v) is 2.27. The Morgan fingerprint density at radius 3 is 2.33 bits per heavy atom. The normalized spacial score (nSPS) is 10.9. The molecule has 0 fully saturated rings. The summed E-state index contributed by atoms with van der Waals surface area (Å²) in [7, 11) is 0. The molecule has 0 unspecified atom stereocenters. The average Bonchev–Trinajstić information content (AvgIpc) is 2.17. The molecule has 0 aromatic heterocycles. The maximum absolute atomic E-state index is 11.6. The number of amides is 2. The predicted molar refractivity (Wildman–Crippen MR) is 70.3 cm³/mol. The van der Waals surface area contributed by atoms with E-state index < -0.39 is 12.0 Å². The van der Waals surface area contributed by atoms with Gasteiger partial charge < -0.3 is 15.7 Å². The van der Waals surface area contributed by atoms with Gasteiger partial charge in [-0.15, -0.1) is 0 Å². The van der Waals surface area contributed by atoms with Gasteiger partial charge in [-0.25, -0.2) is 9.59 Å². The Morgan fingerprint density at radius 1 is 1.28 bits per heavy atom. The Labute approximate surface area is 110 Å². The molecule has 2 amide bonds. The van der Waals surface area contributed by atoms with E-state index in [1.807, 2.05) is 20.8 Å². The van der Waals surface area contributed by atoms with Crippen LogP contribution in [0.2, 0.25) is 5.02 Å². The number of anilines is 1. The van der Waals surface area contributed by atoms with Crippen LogP contribution < -0.4 is 10.6 Å². The number of benzene rings is 1. The highest BCUT2D eigenvalue weighted by Crippen LogP contribution is 2.23. The van der Waals surface area contributed by atoms with Crippen LogP contribution in [0.5, 0.6) is 0 Å². The van der Waals surface area contributed by atoms with E-state index in [-0.39, 0.29) is 16.1 Å². The maximum atomic E-state index is 11.6. The maximum Gasteiger partial charge on any atom is 0.335 e. The summed E-state index contributed by atoms with van der Waals surface area (Å²) in [4.78, 5) is 22.3. The van der Waals surface area contributed by atoms with Gasteiger partial charge in [0, 0.05) is 5.54 Å². The van der Waals surface area contributed by atoms with Crippen LogP contribution in [0.3, 0.4) is 0 Å². The van der Waals surface area contributed by atoms with Gasteiger partial charge in [-0.05, 0) is 39.0 Å². The van der Waals surface area contributed by atoms with Crippen LogP contribution >= 0.6 is 11.6 Å². The molecule has 0 aliphatic heterocycles. The fraction of sp³-hybridized carbons (Fsp3) is 0.333. The van der Waals surface area contributed by atoms with Crippen molar-refractivity contribution >= 4 is 29.3 Å². The zero-order chi connectivity index (χ0) is 13.9. The zero-order valence-electron chi connectivity index (χ0n) is 10.4. The van der Waals surface area contributed by atoms with Crippen molar-refractivity contribution in [2.75, 3.05) is 5.32 Å². The number of carboxylic acids is 1. The molecule has 0 atom stereocenters. The summed E-state index contributed by atoms with van der Waals surface area (Å²) in [5.41, 5.74) is 0.0718. The quantitative estimate of drug-likeness (QED) is 0.773. The molecule has 0 aliphatic carbocycles. The minimum Gasteiger partial charge on any atom is -0.478 e. The monoisotopic (exact) mass is 270 g/mol. The van der Waals surface area contributed by atoms with Crippen LogP contribution in [-0.4, -0.2) is 22.6 Å². The summed E-state index contributed by atoms with van der Waals surface area (Å²) < 4.78 is 0. The SMILES string of the molecule is CC(C)(C)NC(=O)Nc1ccc(C(=O)O)cc1Cl. The second kappa shape index (κ2) is 5.27. The van der Waals surface area contributed by atoms with Crippen LogP contribution in [0.25, 0.3) is 0 Å². The van der Waals surface area contributed by atoms with Crippen LogP contribution in [-0.2, 0) is 0 Å². The van der Waals surface area contributed by atoms with Gasteiger partial charge in [-0.1, -0.05) is 11.6 Å². The molecule has 0 aliphatic rings. The summed E-state index contributed by atoms with van der Waals surface area (Å²) in [6.45, 7) is 5.55. The van der Waals surface area contributed by atoms with Gasteiger partial charge in [0.1, 0.15) is 0 Å². The lowest BCUT2D eigenvalue weighted by Gasteiger charge is -2.21. The summed E-state index contributed by atoms with van der Waals surface area (Å²) in [5.74, 6) is -1.07. The van der Waals surface area contributed by atoms with Crippen LogP contribution in [0, 0.1) is 0 Å². The number of carbonyl (C=O) groups excluding carboxylic acids is 1. The Bertz CT molecular complexity index is 481. The summed E-state index contributed by atoms with van der Waals surface area (Å²) >= 11 is 5.88. The van der Waals surface area contributed by atoms with Crippen LogP contribution in [0.1, 0.15) is 31.1 Å². The first-order valence-electron chi connectivity index (χ1n) is 5.31. The number of halogens is 1. The van der Waals surface area contributed by atoms with Crippen molar-refractivity contribution in [3.63, 3.8) is 0 Å². The molecule has 1 aromatic carbocycles. The second-order valence-electron chi connectivity index (χ2n) is 4.83. The van der Waals surface area contributed by atoms with Gasteiger partial charge in [-0.2, -0.15) is 0 Å². The first-order valence-corrected chi connectivity index (χ1v) is 5.69. The molecule has 98 valence electrons. The minimum atomic E-state index is -1.07. The molecule has 0 heterocycles. The molecule has 0 saturated carbocycles. The van der Waals surface area contributed by atoms with Crippen molar-refractivity contribution < 1.29 is 14.7 Å². The fourth-order valence-corrected chi connectivity index (χ4v) is 1.47. The third-order valence-electron chi connectivity index (χ3n) is 1.95. The smallest absolute Gasteiger partial charge is 0.335 e. The van der Waals surface area contributed by atoms with Crippen LogP contribution in [0.15, 0.2) is 18.2 Å². The van der Waals surface area contributed by atoms with E-state index in [9.17, 15) is 9.59 Å². The van der Waals surface area contributed by atoms with Gasteiger partial charge in [-0.3, -0.25) is 0 Å². The molecular weight excluding hydrogens is 256 g/mol. The third kappa shape index (κ3) is 4.25. The number of carboxylic acid groups (broad SMARTS) is 1. The van der Waals surface area contributed by atoms with Gasteiger partial charge in [0.15, 0.2) is 0 Å². The first-order chi connectivity index (χ1) is 8.19. The number of aromatic carboxylic acids is 1. The van der Waals surface area contributed by atoms with E-state index in [0.29, 0.717) is 5.69 Å². The lowest BCUT2D eigenvalue weighted by molar-refractivity contribution is 0.0697. The lowest BCUT2D eigenvalue weighted by atomic mass is 10.1. The second-order valence-corrected chi connectivity index (χ2v) is 5.24. The highest BCUT2D eigenvalue weighted by atomic mass is 35.5. The molecule has 0 bridgehead atoms. The highest BCUT2D eigenvalue weighted by Gasteiger charge is 2.15. The van der Waals surface area contributed by atoms with E-state index in [1.54, 1.807) is 0 Å². The van der Waals surface area contributed by atoms with Crippen molar-refractivity contribution in [2.45, 2.75) is 26.3 Å². The standard InChI is InChI=1S/C12H15ClN2O3/c1-12(2,3)15-11(18)14-9-5-4-7(10(16)17)6-8(9)13/h4-6H,1-3H3,(H,16,17)(H2,14,15,18). The number of hydrogen-bond donors (Lipinski definition) is 3. The fourth-order valence-electron chi connectivity index (χ4n) is 1.24. The van der Waals surface area contributed by atoms with Crippen molar-refractivity contribution in [1.82, 2.24) is 5.32 Å². The number of nitrogens with one attached hydrogen (secondary N) is 2. The van der Waals surface area contributed by atoms with Gasteiger partial charge >= 0.3 is 12.0 Å². The Kier molecular flexibility index (Phi) is 4.19. The first kappa shape index (κ1) is 14.3. The Balaban J connectivity index is 2.80. The minimum absolute atomic E-state index is 0.0711. The van der Waals surface area contributed by atoms with E-state index in [4.69, 9.17) is 16.7 Å². The molecule has 18 heavy (non-hydrogen) atoms. The largest absolute Gasteiger partial charge is 0.478 e. The molecule has 5 nitrogen and oxygen atoms in total. The predicted octanol–water partition coefficient (Wildman–Crippen LogP) is 2.96. The molecule has 1 aromatic rings.